The van der Waals surface area contributed by atoms with Crippen LogP contribution in [0, 0.1) is 0 Å². The van der Waals surface area contributed by atoms with Crippen LogP contribution in [0.3, 0.4) is 0 Å². The second kappa shape index (κ2) is 3.55. The fourth-order valence-electron chi connectivity index (χ4n) is 1.49. The summed E-state index contributed by atoms with van der Waals surface area (Å²) in [6.07, 6.45) is 3.48. The molecule has 0 spiro atoms. The molecule has 0 unspecified atom stereocenters. The molecule has 1 N–H and O–H groups in total. The van der Waals surface area contributed by atoms with E-state index in [2.05, 4.69) is 41.7 Å². The largest absolute Gasteiger partial charge is 0.313 e. The summed E-state index contributed by atoms with van der Waals surface area (Å²) in [5.41, 5.74) is 2.83. The lowest BCUT2D eigenvalue weighted by Gasteiger charge is -1.95. The minimum atomic E-state index is 1.06. The van der Waals surface area contributed by atoms with Crippen LogP contribution in [0.1, 0.15) is 12.0 Å². The van der Waals surface area contributed by atoms with Crippen LogP contribution in [0.15, 0.2) is 35.9 Å². The van der Waals surface area contributed by atoms with Gasteiger partial charge in [0.2, 0.25) is 0 Å². The van der Waals surface area contributed by atoms with E-state index in [4.69, 9.17) is 0 Å². The van der Waals surface area contributed by atoms with Crippen molar-refractivity contribution in [1.82, 2.24) is 5.32 Å². The maximum absolute atomic E-state index is 3.32. The van der Waals surface area contributed by atoms with Crippen LogP contribution >= 0.6 is 0 Å². The first-order chi connectivity index (χ1) is 5.95. The predicted octanol–water partition coefficient (Wildman–Crippen LogP) is 2.06. The average Bonchev–Trinajstić information content (AvgIpc) is 2.59. The maximum Gasteiger partial charge on any atom is 0.0168 e. The van der Waals surface area contributed by atoms with Crippen molar-refractivity contribution in [1.29, 1.82) is 0 Å². The fourth-order valence-corrected chi connectivity index (χ4v) is 1.49. The molecule has 0 saturated carbocycles. The highest BCUT2D eigenvalue weighted by Gasteiger charge is 2.04. The summed E-state index contributed by atoms with van der Waals surface area (Å²) >= 11 is 0. The van der Waals surface area contributed by atoms with Crippen LogP contribution in [-0.2, 0) is 0 Å². The number of hydrogen-bond acceptors (Lipinski definition) is 1. The minimum Gasteiger partial charge on any atom is -0.313 e. The first kappa shape index (κ1) is 7.56. The molecule has 0 amide bonds. The van der Waals surface area contributed by atoms with Gasteiger partial charge >= 0.3 is 0 Å². The van der Waals surface area contributed by atoms with Gasteiger partial charge < -0.3 is 5.32 Å². The van der Waals surface area contributed by atoms with Crippen molar-refractivity contribution >= 4 is 6.08 Å². The molecule has 1 heteroatoms. The number of rotatable bonds is 1. The molecule has 2 rings (SSSR count). The van der Waals surface area contributed by atoms with Gasteiger partial charge in [-0.05, 0) is 18.5 Å². The van der Waals surface area contributed by atoms with Gasteiger partial charge in [-0.25, -0.2) is 0 Å². The molecule has 1 nitrogen and oxygen atoms in total. The minimum absolute atomic E-state index is 1.06. The zero-order chi connectivity index (χ0) is 8.23. The third-order valence-electron chi connectivity index (χ3n) is 2.15. The second-order valence-corrected chi connectivity index (χ2v) is 3.14. The summed E-state index contributed by atoms with van der Waals surface area (Å²) in [5.74, 6) is 0. The van der Waals surface area contributed by atoms with Crippen molar-refractivity contribution in [3.8, 4) is 0 Å². The van der Waals surface area contributed by atoms with Gasteiger partial charge in [0.1, 0.15) is 0 Å². The SMILES string of the molecule is C(=C1/CCNC1)/c1ccccc1. The summed E-state index contributed by atoms with van der Waals surface area (Å²) < 4.78 is 0. The monoisotopic (exact) mass is 159 g/mol. The molecule has 0 atom stereocenters. The van der Waals surface area contributed by atoms with Crippen molar-refractivity contribution in [3.05, 3.63) is 41.5 Å². The molecule has 1 aliphatic rings. The third kappa shape index (κ3) is 1.74. The Kier molecular flexibility index (Phi) is 2.23. The molecule has 1 fully saturated rings. The molecule has 0 aromatic heterocycles. The van der Waals surface area contributed by atoms with Crippen LogP contribution in [0.25, 0.3) is 6.08 Å². The highest BCUT2D eigenvalue weighted by molar-refractivity contribution is 5.53. The van der Waals surface area contributed by atoms with Gasteiger partial charge in [0, 0.05) is 6.54 Å². The average molecular weight is 159 g/mol. The van der Waals surface area contributed by atoms with Gasteiger partial charge in [-0.1, -0.05) is 42.0 Å². The molecule has 1 saturated heterocycles. The first-order valence-electron chi connectivity index (χ1n) is 4.40. The Morgan fingerprint density at radius 3 is 2.67 bits per heavy atom. The van der Waals surface area contributed by atoms with Crippen molar-refractivity contribution in [2.24, 2.45) is 0 Å². The number of hydrogen-bond donors (Lipinski definition) is 1. The molecule has 1 heterocycles. The molecule has 1 aliphatic heterocycles. The van der Waals surface area contributed by atoms with Gasteiger partial charge in [0.15, 0.2) is 0 Å². The van der Waals surface area contributed by atoms with Crippen molar-refractivity contribution in [2.45, 2.75) is 6.42 Å². The van der Waals surface area contributed by atoms with E-state index in [1.54, 1.807) is 0 Å². The zero-order valence-electron chi connectivity index (χ0n) is 7.09. The van der Waals surface area contributed by atoms with Crippen molar-refractivity contribution < 1.29 is 0 Å². The molecule has 12 heavy (non-hydrogen) atoms. The molecule has 62 valence electrons. The predicted molar refractivity (Wildman–Crippen MR) is 51.9 cm³/mol. The van der Waals surface area contributed by atoms with Crippen LogP contribution in [0.5, 0.6) is 0 Å². The molecule has 1 aromatic carbocycles. The molecular formula is C11H13N. The van der Waals surface area contributed by atoms with Gasteiger partial charge in [-0.2, -0.15) is 0 Å². The zero-order valence-corrected chi connectivity index (χ0v) is 7.09. The molecule has 0 aliphatic carbocycles. The molecule has 1 aromatic rings. The van der Waals surface area contributed by atoms with E-state index in [9.17, 15) is 0 Å². The molecule has 0 radical (unpaired) electrons. The van der Waals surface area contributed by atoms with Gasteiger partial charge in [-0.15, -0.1) is 0 Å². The van der Waals surface area contributed by atoms with E-state index in [1.165, 1.54) is 17.6 Å². The Hall–Kier alpha value is -1.08. The topological polar surface area (TPSA) is 12.0 Å². The van der Waals surface area contributed by atoms with Gasteiger partial charge in [-0.3, -0.25) is 0 Å². The second-order valence-electron chi connectivity index (χ2n) is 3.14. The van der Waals surface area contributed by atoms with E-state index in [0.717, 1.165) is 13.1 Å². The highest BCUT2D eigenvalue weighted by atomic mass is 14.9. The Morgan fingerprint density at radius 2 is 2.00 bits per heavy atom. The molecule has 0 bridgehead atoms. The lowest BCUT2D eigenvalue weighted by atomic mass is 10.1. The van der Waals surface area contributed by atoms with Gasteiger partial charge in [0.05, 0.1) is 0 Å². The number of benzene rings is 1. The van der Waals surface area contributed by atoms with Crippen molar-refractivity contribution in [2.75, 3.05) is 13.1 Å². The van der Waals surface area contributed by atoms with E-state index in [1.807, 2.05) is 0 Å². The standard InChI is InChI=1S/C11H13N/c1-2-4-10(5-3-1)8-11-6-7-12-9-11/h1-5,8,12H,6-7,9H2/b11-8+. The summed E-state index contributed by atoms with van der Waals surface area (Å²) in [4.78, 5) is 0. The highest BCUT2D eigenvalue weighted by Crippen LogP contribution is 2.11. The fraction of sp³-hybridized carbons (Fsp3) is 0.273. The van der Waals surface area contributed by atoms with E-state index < -0.39 is 0 Å². The summed E-state index contributed by atoms with van der Waals surface area (Å²) in [5, 5.41) is 3.32. The molecular weight excluding hydrogens is 146 g/mol. The lowest BCUT2D eigenvalue weighted by Crippen LogP contribution is -2.04. The Balaban J connectivity index is 2.16. The Morgan fingerprint density at radius 1 is 1.17 bits per heavy atom. The van der Waals surface area contributed by atoms with Crippen molar-refractivity contribution in [3.63, 3.8) is 0 Å². The summed E-state index contributed by atoms with van der Waals surface area (Å²) in [7, 11) is 0. The first-order valence-corrected chi connectivity index (χ1v) is 4.40. The Labute approximate surface area is 73.1 Å². The van der Waals surface area contributed by atoms with Crippen LogP contribution < -0.4 is 5.32 Å². The van der Waals surface area contributed by atoms with E-state index in [0.29, 0.717) is 0 Å². The third-order valence-corrected chi connectivity index (χ3v) is 2.15. The van der Waals surface area contributed by atoms with E-state index in [-0.39, 0.29) is 0 Å². The van der Waals surface area contributed by atoms with Crippen LogP contribution in [-0.4, -0.2) is 13.1 Å². The maximum atomic E-state index is 3.32. The Bertz CT molecular complexity index is 266. The van der Waals surface area contributed by atoms with E-state index >= 15 is 0 Å². The normalized spacial score (nSPS) is 20.2. The van der Waals surface area contributed by atoms with Gasteiger partial charge in [0.25, 0.3) is 0 Å². The number of nitrogens with one attached hydrogen (secondary N) is 1. The summed E-state index contributed by atoms with van der Waals surface area (Å²) in [6.45, 7) is 2.20. The van der Waals surface area contributed by atoms with Crippen LogP contribution in [0.4, 0.5) is 0 Å². The summed E-state index contributed by atoms with van der Waals surface area (Å²) in [6, 6.07) is 10.5. The smallest absolute Gasteiger partial charge is 0.0168 e. The van der Waals surface area contributed by atoms with Crippen LogP contribution in [0.2, 0.25) is 0 Å². The lowest BCUT2D eigenvalue weighted by molar-refractivity contribution is 0.862. The quantitative estimate of drug-likeness (QED) is 0.661.